The molecule has 0 radical (unpaired) electrons. The summed E-state index contributed by atoms with van der Waals surface area (Å²) in [6, 6.07) is 0. The lowest BCUT2D eigenvalue weighted by molar-refractivity contribution is -0.147. The monoisotopic (exact) mass is 326 g/mol. The van der Waals surface area contributed by atoms with E-state index in [1.165, 1.54) is 25.7 Å². The average molecular weight is 327 g/mol. The lowest BCUT2D eigenvalue weighted by atomic mass is 9.83. The fraction of sp³-hybridized carbons (Fsp3) is 0.714. The summed E-state index contributed by atoms with van der Waals surface area (Å²) >= 11 is 3.37. The van der Waals surface area contributed by atoms with E-state index < -0.39 is 0 Å². The van der Waals surface area contributed by atoms with E-state index in [0.29, 0.717) is 24.4 Å². The Morgan fingerprint density at radius 2 is 2.11 bits per heavy atom. The lowest BCUT2D eigenvalue weighted by Gasteiger charge is -2.24. The zero-order valence-electron chi connectivity index (χ0n) is 11.1. The molecule has 2 fully saturated rings. The molecule has 2 saturated carbocycles. The molecular weight excluding hydrogens is 308 g/mol. The van der Waals surface area contributed by atoms with Gasteiger partial charge in [0.15, 0.2) is 0 Å². The highest BCUT2D eigenvalue weighted by molar-refractivity contribution is 9.10. The van der Waals surface area contributed by atoms with Crippen molar-refractivity contribution in [1.29, 1.82) is 0 Å². The van der Waals surface area contributed by atoms with E-state index in [2.05, 4.69) is 25.9 Å². The summed E-state index contributed by atoms with van der Waals surface area (Å²) in [5.74, 6) is 2.21. The summed E-state index contributed by atoms with van der Waals surface area (Å²) in [7, 11) is 0. The number of hydrogen-bond donors (Lipinski definition) is 1. The van der Waals surface area contributed by atoms with E-state index >= 15 is 0 Å². The summed E-state index contributed by atoms with van der Waals surface area (Å²) in [5.41, 5.74) is 0. The molecule has 19 heavy (non-hydrogen) atoms. The van der Waals surface area contributed by atoms with Crippen LogP contribution in [-0.2, 0) is 9.53 Å². The van der Waals surface area contributed by atoms with Gasteiger partial charge in [0, 0.05) is 0 Å². The molecule has 1 aromatic rings. The molecule has 0 aliphatic heterocycles. The lowest BCUT2D eigenvalue weighted by Crippen LogP contribution is -2.28. The van der Waals surface area contributed by atoms with Crippen molar-refractivity contribution in [1.82, 2.24) is 9.97 Å². The van der Waals surface area contributed by atoms with Crippen molar-refractivity contribution in [2.75, 3.05) is 6.61 Å². The summed E-state index contributed by atoms with van der Waals surface area (Å²) in [6.07, 6.45) is 6.72. The SMILES string of the molecule is CCOC(=O)C(c1ncc(Br)[nH]1)C(C1CC1)C1CC1. The number of esters is 1. The zero-order valence-corrected chi connectivity index (χ0v) is 12.6. The van der Waals surface area contributed by atoms with E-state index in [4.69, 9.17) is 4.74 Å². The molecule has 2 aliphatic carbocycles. The Bertz CT molecular complexity index is 454. The van der Waals surface area contributed by atoms with Crippen molar-refractivity contribution in [3.05, 3.63) is 16.6 Å². The smallest absolute Gasteiger partial charge is 0.316 e. The molecule has 1 atom stereocenters. The number of hydrogen-bond acceptors (Lipinski definition) is 3. The normalized spacial score (nSPS) is 20.6. The summed E-state index contributed by atoms with van der Waals surface area (Å²) in [6.45, 7) is 2.29. The second-order valence-electron chi connectivity index (χ2n) is 5.60. The standard InChI is InChI=1S/C14H19BrN2O2/c1-2-19-14(18)12(13-16-7-10(15)17-13)11(8-3-4-8)9-5-6-9/h7-9,11-12H,2-6H2,1H3,(H,16,17). The number of aromatic nitrogens is 2. The predicted molar refractivity (Wildman–Crippen MR) is 74.6 cm³/mol. The summed E-state index contributed by atoms with van der Waals surface area (Å²) in [4.78, 5) is 19.9. The molecule has 5 heteroatoms. The molecule has 0 saturated heterocycles. The number of halogens is 1. The predicted octanol–water partition coefficient (Wildman–Crippen LogP) is 3.26. The molecule has 0 amide bonds. The van der Waals surface area contributed by atoms with Crippen molar-refractivity contribution in [2.45, 2.75) is 38.5 Å². The van der Waals surface area contributed by atoms with Crippen LogP contribution >= 0.6 is 15.9 Å². The largest absolute Gasteiger partial charge is 0.465 e. The van der Waals surface area contributed by atoms with Gasteiger partial charge >= 0.3 is 5.97 Å². The minimum atomic E-state index is -0.216. The van der Waals surface area contributed by atoms with Crippen LogP contribution < -0.4 is 0 Å². The van der Waals surface area contributed by atoms with Crippen LogP contribution in [-0.4, -0.2) is 22.5 Å². The Morgan fingerprint density at radius 1 is 1.47 bits per heavy atom. The van der Waals surface area contributed by atoms with Crippen LogP contribution in [0.15, 0.2) is 10.8 Å². The third-order valence-corrected chi connectivity index (χ3v) is 4.52. The topological polar surface area (TPSA) is 55.0 Å². The Hall–Kier alpha value is -0.840. The number of imidazole rings is 1. The van der Waals surface area contributed by atoms with Crippen molar-refractivity contribution in [2.24, 2.45) is 17.8 Å². The van der Waals surface area contributed by atoms with E-state index in [-0.39, 0.29) is 11.9 Å². The number of ether oxygens (including phenoxy) is 1. The number of nitrogens with zero attached hydrogens (tertiary/aromatic N) is 1. The van der Waals surface area contributed by atoms with Gasteiger partial charge in [-0.2, -0.15) is 0 Å². The Labute approximate surface area is 121 Å². The highest BCUT2D eigenvalue weighted by Crippen LogP contribution is 2.54. The average Bonchev–Trinajstić information content (AvgIpc) is 3.28. The third-order valence-electron chi connectivity index (χ3n) is 4.12. The first-order chi connectivity index (χ1) is 9.20. The molecule has 0 bridgehead atoms. The Balaban J connectivity index is 1.88. The van der Waals surface area contributed by atoms with Gasteiger partial charge in [-0.05, 0) is 66.3 Å². The van der Waals surface area contributed by atoms with Gasteiger partial charge in [-0.3, -0.25) is 4.79 Å². The number of carbonyl (C=O) groups excluding carboxylic acids is 1. The van der Waals surface area contributed by atoms with Crippen molar-refractivity contribution in [3.63, 3.8) is 0 Å². The van der Waals surface area contributed by atoms with Crippen LogP contribution in [0, 0.1) is 17.8 Å². The van der Waals surface area contributed by atoms with Gasteiger partial charge in [-0.25, -0.2) is 4.98 Å². The van der Waals surface area contributed by atoms with Crippen molar-refractivity contribution < 1.29 is 9.53 Å². The van der Waals surface area contributed by atoms with Crippen LogP contribution in [0.25, 0.3) is 0 Å². The van der Waals surface area contributed by atoms with Crippen LogP contribution in [0.5, 0.6) is 0 Å². The van der Waals surface area contributed by atoms with E-state index in [9.17, 15) is 4.79 Å². The molecule has 3 rings (SSSR count). The van der Waals surface area contributed by atoms with Gasteiger partial charge in [0.1, 0.15) is 16.3 Å². The first kappa shape index (κ1) is 13.2. The van der Waals surface area contributed by atoms with Crippen LogP contribution in [0.4, 0.5) is 0 Å². The third kappa shape index (κ3) is 2.86. The minimum absolute atomic E-state index is 0.117. The van der Waals surface area contributed by atoms with Gasteiger partial charge in [-0.15, -0.1) is 0 Å². The first-order valence-electron chi connectivity index (χ1n) is 7.07. The second kappa shape index (κ2) is 5.27. The molecule has 104 valence electrons. The van der Waals surface area contributed by atoms with Gasteiger partial charge in [0.05, 0.1) is 12.8 Å². The maximum Gasteiger partial charge on any atom is 0.316 e. The quantitative estimate of drug-likeness (QED) is 0.816. The van der Waals surface area contributed by atoms with E-state index in [0.717, 1.165) is 10.4 Å². The van der Waals surface area contributed by atoms with Crippen LogP contribution in [0.3, 0.4) is 0 Å². The van der Waals surface area contributed by atoms with E-state index in [1.807, 2.05) is 6.92 Å². The maximum absolute atomic E-state index is 12.4. The summed E-state index contributed by atoms with van der Waals surface area (Å²) < 4.78 is 6.11. The van der Waals surface area contributed by atoms with Gasteiger partial charge in [-0.1, -0.05) is 0 Å². The van der Waals surface area contributed by atoms with Gasteiger partial charge in [0.2, 0.25) is 0 Å². The van der Waals surface area contributed by atoms with Crippen LogP contribution in [0.1, 0.15) is 44.3 Å². The van der Waals surface area contributed by atoms with Crippen molar-refractivity contribution >= 4 is 21.9 Å². The molecule has 0 aromatic carbocycles. The molecule has 1 heterocycles. The van der Waals surface area contributed by atoms with Gasteiger partial charge in [0.25, 0.3) is 0 Å². The fourth-order valence-electron chi connectivity index (χ4n) is 3.05. The number of aromatic amines is 1. The number of nitrogens with one attached hydrogen (secondary N) is 1. The zero-order chi connectivity index (χ0) is 13.4. The number of rotatable bonds is 6. The molecular formula is C14H19BrN2O2. The molecule has 1 unspecified atom stereocenters. The highest BCUT2D eigenvalue weighted by Gasteiger charge is 2.49. The Kier molecular flexibility index (Phi) is 3.65. The molecule has 1 aromatic heterocycles. The Morgan fingerprint density at radius 3 is 2.53 bits per heavy atom. The van der Waals surface area contributed by atoms with Gasteiger partial charge < -0.3 is 9.72 Å². The number of H-pyrrole nitrogens is 1. The molecule has 1 N–H and O–H groups in total. The molecule has 4 nitrogen and oxygen atoms in total. The minimum Gasteiger partial charge on any atom is -0.465 e. The van der Waals surface area contributed by atoms with Crippen molar-refractivity contribution in [3.8, 4) is 0 Å². The molecule has 2 aliphatic rings. The van der Waals surface area contributed by atoms with Crippen LogP contribution in [0.2, 0.25) is 0 Å². The van der Waals surface area contributed by atoms with E-state index in [1.54, 1.807) is 6.20 Å². The maximum atomic E-state index is 12.4. The number of carbonyl (C=O) groups is 1. The second-order valence-corrected chi connectivity index (χ2v) is 6.45. The summed E-state index contributed by atoms with van der Waals surface area (Å²) in [5, 5.41) is 0. The highest BCUT2D eigenvalue weighted by atomic mass is 79.9. The fourth-order valence-corrected chi connectivity index (χ4v) is 3.35. The first-order valence-corrected chi connectivity index (χ1v) is 7.87. The molecule has 0 spiro atoms.